The summed E-state index contributed by atoms with van der Waals surface area (Å²) >= 11 is 9.70. The Morgan fingerprint density at radius 2 is 2.13 bits per heavy atom. The number of benzene rings is 2. The monoisotopic (exact) mass is 496 g/mol. The predicted molar refractivity (Wildman–Crippen MR) is 119 cm³/mol. The molecule has 0 unspecified atom stereocenters. The number of carbonyl (C=O) groups is 1. The largest absolute Gasteiger partial charge is 0.394 e. The van der Waals surface area contributed by atoms with Crippen LogP contribution >= 0.6 is 27.5 Å². The highest BCUT2D eigenvalue weighted by atomic mass is 79.9. The van der Waals surface area contributed by atoms with Crippen LogP contribution in [0.4, 0.5) is 4.39 Å². The minimum absolute atomic E-state index is 0.0373. The average Bonchev–Trinajstić information content (AvgIpc) is 3.08. The van der Waals surface area contributed by atoms with Gasteiger partial charge in [0, 0.05) is 33.6 Å². The van der Waals surface area contributed by atoms with E-state index in [-0.39, 0.29) is 48.7 Å². The second-order valence-corrected chi connectivity index (χ2v) is 8.81. The van der Waals surface area contributed by atoms with Crippen LogP contribution in [0.5, 0.6) is 0 Å². The molecule has 0 saturated carbocycles. The highest BCUT2D eigenvalue weighted by Crippen LogP contribution is 2.30. The number of halogens is 3. The molecule has 0 aliphatic rings. The summed E-state index contributed by atoms with van der Waals surface area (Å²) in [4.78, 5) is 17.1. The van der Waals surface area contributed by atoms with Crippen LogP contribution in [0.3, 0.4) is 0 Å². The SMILES string of the molecule is CC(C)Cn1cnc2c(F)c(Cc3ccc(Br)cc3Cl)c(C(=O)COCCO)cc21. The van der Waals surface area contributed by atoms with Gasteiger partial charge < -0.3 is 14.4 Å². The number of fused-ring (bicyclic) bond motifs is 1. The zero-order valence-electron chi connectivity index (χ0n) is 16.8. The lowest BCUT2D eigenvalue weighted by Gasteiger charge is -2.14. The standard InChI is InChI=1S/C22H23BrClFN2O3/c1-13(2)10-27-12-26-22-19(27)9-16(20(29)11-30-6-5-28)17(21(22)25)7-14-3-4-15(23)8-18(14)24/h3-4,8-9,12-13,28H,5-7,10-11H2,1-2H3. The van der Waals surface area contributed by atoms with Gasteiger partial charge in [0.1, 0.15) is 12.1 Å². The second kappa shape index (κ2) is 10.0. The van der Waals surface area contributed by atoms with Gasteiger partial charge >= 0.3 is 0 Å². The van der Waals surface area contributed by atoms with E-state index >= 15 is 4.39 Å². The second-order valence-electron chi connectivity index (χ2n) is 7.49. The van der Waals surface area contributed by atoms with Gasteiger partial charge in [-0.3, -0.25) is 4.79 Å². The van der Waals surface area contributed by atoms with E-state index in [9.17, 15) is 4.79 Å². The maximum atomic E-state index is 15.6. The van der Waals surface area contributed by atoms with Crippen LogP contribution < -0.4 is 0 Å². The van der Waals surface area contributed by atoms with Crippen LogP contribution in [0.2, 0.25) is 5.02 Å². The lowest BCUT2D eigenvalue weighted by Crippen LogP contribution is -2.15. The number of hydrogen-bond acceptors (Lipinski definition) is 4. The molecule has 0 bridgehead atoms. The van der Waals surface area contributed by atoms with Crippen LogP contribution in [-0.4, -0.2) is 40.3 Å². The fourth-order valence-corrected chi connectivity index (χ4v) is 4.06. The molecule has 1 N–H and O–H groups in total. The molecule has 0 saturated heterocycles. The van der Waals surface area contributed by atoms with Crippen LogP contribution in [0, 0.1) is 11.7 Å². The summed E-state index contributed by atoms with van der Waals surface area (Å²) < 4.78 is 23.4. The van der Waals surface area contributed by atoms with Crippen molar-refractivity contribution < 1.29 is 19.0 Å². The molecule has 5 nitrogen and oxygen atoms in total. The van der Waals surface area contributed by atoms with Crippen LogP contribution in [0.15, 0.2) is 35.1 Å². The summed E-state index contributed by atoms with van der Waals surface area (Å²) in [6.07, 6.45) is 1.74. The number of ketones is 1. The molecule has 30 heavy (non-hydrogen) atoms. The number of Topliss-reactive ketones (excluding diaryl/α,β-unsaturated/α-hetero) is 1. The fraction of sp³-hybridized carbons (Fsp3) is 0.364. The Morgan fingerprint density at radius 3 is 2.80 bits per heavy atom. The average molecular weight is 498 g/mol. The number of aromatic nitrogens is 2. The minimum Gasteiger partial charge on any atom is -0.394 e. The predicted octanol–water partition coefficient (Wildman–Crippen LogP) is 5.03. The number of ether oxygens (including phenoxy) is 1. The van der Waals surface area contributed by atoms with Crippen molar-refractivity contribution in [1.29, 1.82) is 0 Å². The van der Waals surface area contributed by atoms with Crippen molar-refractivity contribution >= 4 is 44.3 Å². The van der Waals surface area contributed by atoms with E-state index in [2.05, 4.69) is 34.8 Å². The van der Waals surface area contributed by atoms with Crippen molar-refractivity contribution in [3.8, 4) is 0 Å². The third-order valence-electron chi connectivity index (χ3n) is 4.67. The smallest absolute Gasteiger partial charge is 0.188 e. The third-order valence-corrected chi connectivity index (χ3v) is 5.52. The summed E-state index contributed by atoms with van der Waals surface area (Å²) in [6, 6.07) is 7.03. The van der Waals surface area contributed by atoms with Crippen LogP contribution in [0.1, 0.15) is 35.3 Å². The minimum atomic E-state index is -0.528. The van der Waals surface area contributed by atoms with Crippen LogP contribution in [-0.2, 0) is 17.7 Å². The number of imidazole rings is 1. The van der Waals surface area contributed by atoms with Gasteiger partial charge in [0.15, 0.2) is 11.6 Å². The lowest BCUT2D eigenvalue weighted by atomic mass is 9.95. The number of aliphatic hydroxyl groups is 1. The summed E-state index contributed by atoms with van der Waals surface area (Å²) in [7, 11) is 0. The summed E-state index contributed by atoms with van der Waals surface area (Å²) in [6.45, 7) is 4.37. The van der Waals surface area contributed by atoms with E-state index < -0.39 is 5.82 Å². The maximum absolute atomic E-state index is 15.6. The molecule has 0 aliphatic heterocycles. The molecular weight excluding hydrogens is 475 g/mol. The molecule has 160 valence electrons. The van der Waals surface area contributed by atoms with E-state index in [4.69, 9.17) is 21.4 Å². The van der Waals surface area contributed by atoms with Gasteiger partial charge in [-0.05, 0) is 29.7 Å². The molecule has 0 aliphatic carbocycles. The molecule has 0 fully saturated rings. The number of nitrogens with zero attached hydrogens (tertiary/aromatic N) is 2. The Balaban J connectivity index is 2.11. The van der Waals surface area contributed by atoms with Gasteiger partial charge in [-0.15, -0.1) is 0 Å². The number of carbonyl (C=O) groups excluding carboxylic acids is 1. The van der Waals surface area contributed by atoms with Gasteiger partial charge in [-0.25, -0.2) is 9.37 Å². The molecule has 0 amide bonds. The Labute approximate surface area is 187 Å². The molecule has 0 atom stereocenters. The molecule has 3 rings (SSSR count). The van der Waals surface area contributed by atoms with E-state index in [0.717, 1.165) is 4.47 Å². The first kappa shape index (κ1) is 22.9. The Morgan fingerprint density at radius 1 is 1.37 bits per heavy atom. The highest BCUT2D eigenvalue weighted by molar-refractivity contribution is 9.10. The zero-order valence-corrected chi connectivity index (χ0v) is 19.1. The zero-order chi connectivity index (χ0) is 21.8. The van der Waals surface area contributed by atoms with Crippen molar-refractivity contribution in [3.05, 3.63) is 62.6 Å². The molecule has 1 heterocycles. The molecule has 0 radical (unpaired) electrons. The normalized spacial score (nSPS) is 11.6. The highest BCUT2D eigenvalue weighted by Gasteiger charge is 2.22. The van der Waals surface area contributed by atoms with Crippen LogP contribution in [0.25, 0.3) is 11.0 Å². The first-order valence-corrected chi connectivity index (χ1v) is 10.8. The Hall–Kier alpha value is -1.80. The first-order valence-electron chi connectivity index (χ1n) is 9.63. The number of hydrogen-bond donors (Lipinski definition) is 1. The fourth-order valence-electron chi connectivity index (χ4n) is 3.32. The Kier molecular flexibility index (Phi) is 7.63. The lowest BCUT2D eigenvalue weighted by molar-refractivity contribution is 0.0663. The van der Waals surface area contributed by atoms with Gasteiger partial charge in [0.25, 0.3) is 0 Å². The summed E-state index contributed by atoms with van der Waals surface area (Å²) in [5.41, 5.74) is 1.97. The molecule has 0 spiro atoms. The topological polar surface area (TPSA) is 64.4 Å². The molecule has 8 heteroatoms. The van der Waals surface area contributed by atoms with E-state index in [0.29, 0.717) is 28.6 Å². The molecule has 3 aromatic rings. The third kappa shape index (κ3) is 5.09. The van der Waals surface area contributed by atoms with Crippen molar-refractivity contribution in [2.45, 2.75) is 26.8 Å². The first-order chi connectivity index (χ1) is 14.3. The molecular formula is C22H23BrClFN2O3. The van der Waals surface area contributed by atoms with Gasteiger partial charge in [0.05, 0.1) is 25.1 Å². The quantitative estimate of drug-likeness (QED) is 0.333. The van der Waals surface area contributed by atoms with Crippen molar-refractivity contribution in [1.82, 2.24) is 9.55 Å². The number of rotatable bonds is 9. The van der Waals surface area contributed by atoms with Crippen molar-refractivity contribution in [2.24, 2.45) is 5.92 Å². The Bertz CT molecular complexity index is 1070. The van der Waals surface area contributed by atoms with Gasteiger partial charge in [0.2, 0.25) is 0 Å². The van der Waals surface area contributed by atoms with Crippen molar-refractivity contribution in [2.75, 3.05) is 19.8 Å². The summed E-state index contributed by atoms with van der Waals surface area (Å²) in [5.74, 6) is -0.553. The maximum Gasteiger partial charge on any atom is 0.188 e. The van der Waals surface area contributed by atoms with E-state index in [1.165, 1.54) is 0 Å². The van der Waals surface area contributed by atoms with Gasteiger partial charge in [-0.2, -0.15) is 0 Å². The number of aliphatic hydroxyl groups excluding tert-OH is 1. The van der Waals surface area contributed by atoms with Gasteiger partial charge in [-0.1, -0.05) is 47.4 Å². The van der Waals surface area contributed by atoms with E-state index in [1.807, 2.05) is 10.6 Å². The van der Waals surface area contributed by atoms with E-state index in [1.54, 1.807) is 24.5 Å². The molecule has 1 aromatic heterocycles. The van der Waals surface area contributed by atoms with Crippen molar-refractivity contribution in [3.63, 3.8) is 0 Å². The molecule has 2 aromatic carbocycles. The summed E-state index contributed by atoms with van der Waals surface area (Å²) in [5, 5.41) is 9.38.